The van der Waals surface area contributed by atoms with Crippen LogP contribution in [0.5, 0.6) is 0 Å². The molecule has 1 rings (SSSR count). The maximum atomic E-state index is 3.60. The topological polar surface area (TPSA) is 12.0 Å². The molecule has 1 heterocycles. The van der Waals surface area contributed by atoms with Gasteiger partial charge in [0.15, 0.2) is 0 Å². The minimum Gasteiger partial charge on any atom is -0.304 e. The monoisotopic (exact) mass is 168 g/mol. The smallest absolute Gasteiger partial charge is 0.0567 e. The lowest BCUT2D eigenvalue weighted by Gasteiger charge is -2.03. The Balaban J connectivity index is 2.10. The third kappa shape index (κ3) is 3.63. The first-order chi connectivity index (χ1) is 5.43. The van der Waals surface area contributed by atoms with E-state index in [2.05, 4.69) is 18.3 Å². The molecule has 0 aromatic carbocycles. The van der Waals surface area contributed by atoms with Crippen molar-refractivity contribution in [1.29, 1.82) is 0 Å². The SMILES string of the molecule is [CH2]C=CC=CCC1NCCS1. The van der Waals surface area contributed by atoms with Crippen LogP contribution in [0.15, 0.2) is 24.3 Å². The summed E-state index contributed by atoms with van der Waals surface area (Å²) in [6, 6.07) is 0. The number of hydrogen-bond acceptors (Lipinski definition) is 2. The van der Waals surface area contributed by atoms with Crippen LogP contribution in [0.4, 0.5) is 0 Å². The number of thioether (sulfide) groups is 1. The summed E-state index contributed by atoms with van der Waals surface area (Å²) in [4.78, 5) is 0. The van der Waals surface area contributed by atoms with Crippen LogP contribution in [0.3, 0.4) is 0 Å². The van der Waals surface area contributed by atoms with Crippen molar-refractivity contribution in [2.45, 2.75) is 11.8 Å². The molecule has 11 heavy (non-hydrogen) atoms. The van der Waals surface area contributed by atoms with Gasteiger partial charge in [-0.15, -0.1) is 11.8 Å². The molecule has 0 aliphatic carbocycles. The highest BCUT2D eigenvalue weighted by atomic mass is 32.2. The highest BCUT2D eigenvalue weighted by Gasteiger charge is 2.11. The van der Waals surface area contributed by atoms with Gasteiger partial charge in [0.05, 0.1) is 5.37 Å². The first kappa shape index (κ1) is 8.88. The third-order valence-corrected chi connectivity index (χ3v) is 2.73. The summed E-state index contributed by atoms with van der Waals surface area (Å²) in [5, 5.41) is 4.05. The quantitative estimate of drug-likeness (QED) is 0.647. The van der Waals surface area contributed by atoms with Gasteiger partial charge in [-0.25, -0.2) is 0 Å². The van der Waals surface area contributed by atoms with E-state index >= 15 is 0 Å². The lowest BCUT2D eigenvalue weighted by molar-refractivity contribution is 0.719. The number of nitrogens with one attached hydrogen (secondary N) is 1. The lowest BCUT2D eigenvalue weighted by Crippen LogP contribution is -2.18. The molecule has 1 nitrogen and oxygen atoms in total. The molecule has 61 valence electrons. The van der Waals surface area contributed by atoms with Crippen LogP contribution in [-0.4, -0.2) is 17.7 Å². The largest absolute Gasteiger partial charge is 0.304 e. The van der Waals surface area contributed by atoms with Crippen molar-refractivity contribution in [3.63, 3.8) is 0 Å². The summed E-state index contributed by atoms with van der Waals surface area (Å²) in [7, 11) is 0. The van der Waals surface area contributed by atoms with Crippen LogP contribution in [-0.2, 0) is 0 Å². The van der Waals surface area contributed by atoms with E-state index in [1.807, 2.05) is 23.9 Å². The van der Waals surface area contributed by atoms with Crippen LogP contribution >= 0.6 is 11.8 Å². The molecular weight excluding hydrogens is 154 g/mol. The molecule has 1 atom stereocenters. The van der Waals surface area contributed by atoms with E-state index in [1.165, 1.54) is 5.75 Å². The number of hydrogen-bond donors (Lipinski definition) is 1. The molecule has 1 N–H and O–H groups in total. The fourth-order valence-electron chi connectivity index (χ4n) is 0.991. The van der Waals surface area contributed by atoms with Crippen LogP contribution in [0.25, 0.3) is 0 Å². The minimum absolute atomic E-state index is 0.643. The van der Waals surface area contributed by atoms with E-state index in [4.69, 9.17) is 0 Å². The zero-order chi connectivity index (χ0) is 7.94. The molecule has 0 bridgehead atoms. The second-order valence-corrected chi connectivity index (χ2v) is 3.72. The fraction of sp³-hybridized carbons (Fsp3) is 0.444. The van der Waals surface area contributed by atoms with Crippen molar-refractivity contribution in [3.05, 3.63) is 31.2 Å². The van der Waals surface area contributed by atoms with Crippen LogP contribution in [0.2, 0.25) is 0 Å². The van der Waals surface area contributed by atoms with E-state index < -0.39 is 0 Å². The Bertz CT molecular complexity index is 146. The molecule has 2 heteroatoms. The van der Waals surface area contributed by atoms with Gasteiger partial charge in [0.25, 0.3) is 0 Å². The summed E-state index contributed by atoms with van der Waals surface area (Å²) in [5.41, 5.74) is 0. The van der Waals surface area contributed by atoms with Gasteiger partial charge >= 0.3 is 0 Å². The molecule has 1 aliphatic heterocycles. The van der Waals surface area contributed by atoms with Crippen molar-refractivity contribution in [1.82, 2.24) is 5.32 Å². The Morgan fingerprint density at radius 3 is 3.09 bits per heavy atom. The zero-order valence-electron chi connectivity index (χ0n) is 6.62. The third-order valence-electron chi connectivity index (χ3n) is 1.53. The fourth-order valence-corrected chi connectivity index (χ4v) is 1.99. The highest BCUT2D eigenvalue weighted by Crippen LogP contribution is 2.16. The average Bonchev–Trinajstić information content (AvgIpc) is 2.50. The van der Waals surface area contributed by atoms with Crippen molar-refractivity contribution < 1.29 is 0 Å². The first-order valence-corrected chi connectivity index (χ1v) is 4.94. The van der Waals surface area contributed by atoms with Crippen molar-refractivity contribution in [2.24, 2.45) is 0 Å². The summed E-state index contributed by atoms with van der Waals surface area (Å²) < 4.78 is 0. The van der Waals surface area contributed by atoms with E-state index in [0.717, 1.165) is 13.0 Å². The van der Waals surface area contributed by atoms with E-state index in [1.54, 1.807) is 6.08 Å². The van der Waals surface area contributed by atoms with Crippen LogP contribution in [0, 0.1) is 6.92 Å². The van der Waals surface area contributed by atoms with E-state index in [-0.39, 0.29) is 0 Å². The van der Waals surface area contributed by atoms with Gasteiger partial charge in [-0.1, -0.05) is 24.3 Å². The zero-order valence-corrected chi connectivity index (χ0v) is 7.44. The van der Waals surface area contributed by atoms with Crippen molar-refractivity contribution in [2.75, 3.05) is 12.3 Å². The normalized spacial score (nSPS) is 25.7. The molecule has 1 saturated heterocycles. The second-order valence-electron chi connectivity index (χ2n) is 2.41. The molecule has 0 aromatic rings. The van der Waals surface area contributed by atoms with Crippen molar-refractivity contribution in [3.8, 4) is 0 Å². The second kappa shape index (κ2) is 5.44. The highest BCUT2D eigenvalue weighted by molar-refractivity contribution is 8.00. The Kier molecular flexibility index (Phi) is 4.39. The Morgan fingerprint density at radius 1 is 1.55 bits per heavy atom. The van der Waals surface area contributed by atoms with Gasteiger partial charge in [0.2, 0.25) is 0 Å². The summed E-state index contributed by atoms with van der Waals surface area (Å²) in [5.74, 6) is 1.25. The van der Waals surface area contributed by atoms with Crippen LogP contribution in [0.1, 0.15) is 6.42 Å². The number of allylic oxidation sites excluding steroid dienone is 3. The standard InChI is InChI=1S/C9H14NS/c1-2-3-4-5-6-9-10-7-8-11-9/h2-5,9-10H,1,6-8H2. The summed E-state index contributed by atoms with van der Waals surface area (Å²) in [6.45, 7) is 4.76. The molecule has 1 unspecified atom stereocenters. The lowest BCUT2D eigenvalue weighted by atomic mass is 10.3. The molecule has 0 amide bonds. The van der Waals surface area contributed by atoms with Gasteiger partial charge in [-0.2, -0.15) is 0 Å². The molecule has 1 aliphatic rings. The predicted octanol–water partition coefficient (Wildman–Crippen LogP) is 1.99. The molecule has 0 saturated carbocycles. The predicted molar refractivity (Wildman–Crippen MR) is 52.5 cm³/mol. The number of rotatable bonds is 3. The van der Waals surface area contributed by atoms with Gasteiger partial charge in [-0.05, 0) is 13.3 Å². The average molecular weight is 168 g/mol. The van der Waals surface area contributed by atoms with Gasteiger partial charge < -0.3 is 5.32 Å². The summed E-state index contributed by atoms with van der Waals surface area (Å²) in [6.07, 6.45) is 9.10. The van der Waals surface area contributed by atoms with Crippen LogP contribution < -0.4 is 5.32 Å². The van der Waals surface area contributed by atoms with Gasteiger partial charge in [-0.3, -0.25) is 0 Å². The maximum absolute atomic E-state index is 3.60. The maximum Gasteiger partial charge on any atom is 0.0567 e. The Labute approximate surface area is 72.9 Å². The van der Waals surface area contributed by atoms with Crippen molar-refractivity contribution >= 4 is 11.8 Å². The minimum atomic E-state index is 0.643. The molecule has 1 radical (unpaired) electrons. The molecule has 1 fully saturated rings. The summed E-state index contributed by atoms with van der Waals surface area (Å²) >= 11 is 2.00. The molecular formula is C9H14NS. The van der Waals surface area contributed by atoms with E-state index in [9.17, 15) is 0 Å². The van der Waals surface area contributed by atoms with Gasteiger partial charge in [0.1, 0.15) is 0 Å². The first-order valence-electron chi connectivity index (χ1n) is 3.89. The van der Waals surface area contributed by atoms with E-state index in [0.29, 0.717) is 5.37 Å². The Hall–Kier alpha value is -0.210. The Morgan fingerprint density at radius 2 is 2.45 bits per heavy atom. The molecule has 0 aromatic heterocycles. The van der Waals surface area contributed by atoms with Gasteiger partial charge in [0, 0.05) is 12.3 Å². The molecule has 0 spiro atoms.